The molecule has 2 nitrogen and oxygen atoms in total. The lowest BCUT2D eigenvalue weighted by Crippen LogP contribution is -2.04. The lowest BCUT2D eigenvalue weighted by molar-refractivity contribution is 0.171. The summed E-state index contributed by atoms with van der Waals surface area (Å²) in [7, 11) is 1.71. The molecule has 0 radical (unpaired) electrons. The SMILES string of the molecule is COCC1OC1Cc1ccccc1. The van der Waals surface area contributed by atoms with Crippen molar-refractivity contribution in [1.29, 1.82) is 0 Å². The summed E-state index contributed by atoms with van der Waals surface area (Å²) in [6.45, 7) is 0.720. The fraction of sp³-hybridized carbons (Fsp3) is 0.455. The van der Waals surface area contributed by atoms with Gasteiger partial charge in [0.15, 0.2) is 0 Å². The van der Waals surface area contributed by atoms with E-state index >= 15 is 0 Å². The van der Waals surface area contributed by atoms with Gasteiger partial charge in [-0.2, -0.15) is 0 Å². The van der Waals surface area contributed by atoms with Gasteiger partial charge in [-0.3, -0.25) is 0 Å². The molecule has 2 heteroatoms. The molecule has 2 atom stereocenters. The molecule has 1 aliphatic rings. The molecule has 1 fully saturated rings. The van der Waals surface area contributed by atoms with Gasteiger partial charge in [0.1, 0.15) is 6.10 Å². The van der Waals surface area contributed by atoms with E-state index in [1.807, 2.05) is 6.07 Å². The fourth-order valence-corrected chi connectivity index (χ4v) is 1.52. The molecule has 0 aromatic heterocycles. The molecule has 1 heterocycles. The number of benzene rings is 1. The molecule has 1 saturated heterocycles. The van der Waals surface area contributed by atoms with Crippen LogP contribution in [-0.4, -0.2) is 25.9 Å². The van der Waals surface area contributed by atoms with E-state index in [0.717, 1.165) is 13.0 Å². The van der Waals surface area contributed by atoms with Crippen molar-refractivity contribution in [3.05, 3.63) is 35.9 Å². The van der Waals surface area contributed by atoms with Gasteiger partial charge in [0.25, 0.3) is 0 Å². The van der Waals surface area contributed by atoms with Gasteiger partial charge in [-0.15, -0.1) is 0 Å². The van der Waals surface area contributed by atoms with Gasteiger partial charge < -0.3 is 9.47 Å². The molecule has 1 aromatic carbocycles. The fourth-order valence-electron chi connectivity index (χ4n) is 1.52. The highest BCUT2D eigenvalue weighted by molar-refractivity contribution is 5.17. The van der Waals surface area contributed by atoms with Crippen LogP contribution >= 0.6 is 0 Å². The smallest absolute Gasteiger partial charge is 0.108 e. The molecule has 0 spiro atoms. The Hall–Kier alpha value is -0.860. The van der Waals surface area contributed by atoms with E-state index in [4.69, 9.17) is 9.47 Å². The zero-order valence-electron chi connectivity index (χ0n) is 7.77. The minimum Gasteiger partial charge on any atom is -0.382 e. The second kappa shape index (κ2) is 3.90. The number of rotatable bonds is 4. The van der Waals surface area contributed by atoms with Crippen LogP contribution in [0.5, 0.6) is 0 Å². The quantitative estimate of drug-likeness (QED) is 0.654. The highest BCUT2D eigenvalue weighted by Gasteiger charge is 2.38. The van der Waals surface area contributed by atoms with E-state index in [0.29, 0.717) is 12.2 Å². The molecular formula is C11H14O2. The Balaban J connectivity index is 1.81. The van der Waals surface area contributed by atoms with Crippen LogP contribution in [0.15, 0.2) is 30.3 Å². The van der Waals surface area contributed by atoms with E-state index in [2.05, 4.69) is 24.3 Å². The molecule has 0 bridgehead atoms. The van der Waals surface area contributed by atoms with Gasteiger partial charge >= 0.3 is 0 Å². The summed E-state index contributed by atoms with van der Waals surface area (Å²) in [4.78, 5) is 0. The molecule has 2 unspecified atom stereocenters. The first-order valence-electron chi connectivity index (χ1n) is 4.58. The predicted molar refractivity (Wildman–Crippen MR) is 50.7 cm³/mol. The Morgan fingerprint density at radius 1 is 1.23 bits per heavy atom. The second-order valence-corrected chi connectivity index (χ2v) is 3.36. The van der Waals surface area contributed by atoms with E-state index in [-0.39, 0.29) is 0 Å². The van der Waals surface area contributed by atoms with Crippen LogP contribution in [0, 0.1) is 0 Å². The minimum atomic E-state index is 0.324. The summed E-state index contributed by atoms with van der Waals surface area (Å²) < 4.78 is 10.4. The largest absolute Gasteiger partial charge is 0.382 e. The van der Waals surface area contributed by atoms with Gasteiger partial charge in [-0.25, -0.2) is 0 Å². The van der Waals surface area contributed by atoms with Crippen molar-refractivity contribution in [1.82, 2.24) is 0 Å². The van der Waals surface area contributed by atoms with Crippen molar-refractivity contribution in [2.45, 2.75) is 18.6 Å². The number of methoxy groups -OCH3 is 1. The summed E-state index contributed by atoms with van der Waals surface area (Å²) in [5.41, 5.74) is 1.34. The van der Waals surface area contributed by atoms with Crippen molar-refractivity contribution in [3.63, 3.8) is 0 Å². The topological polar surface area (TPSA) is 21.8 Å². The first-order chi connectivity index (χ1) is 6.40. The Bertz CT molecular complexity index is 258. The maximum absolute atomic E-state index is 5.44. The Morgan fingerprint density at radius 2 is 2.00 bits per heavy atom. The van der Waals surface area contributed by atoms with Crippen LogP contribution in [-0.2, 0) is 15.9 Å². The second-order valence-electron chi connectivity index (χ2n) is 3.36. The lowest BCUT2D eigenvalue weighted by atomic mass is 10.1. The van der Waals surface area contributed by atoms with Crippen LogP contribution in [0.25, 0.3) is 0 Å². The van der Waals surface area contributed by atoms with Gasteiger partial charge in [-0.05, 0) is 5.56 Å². The summed E-state index contributed by atoms with van der Waals surface area (Å²) in [6, 6.07) is 10.4. The van der Waals surface area contributed by atoms with Gasteiger partial charge in [0.2, 0.25) is 0 Å². The normalized spacial score (nSPS) is 25.9. The van der Waals surface area contributed by atoms with Crippen molar-refractivity contribution >= 4 is 0 Å². The van der Waals surface area contributed by atoms with Crippen molar-refractivity contribution in [2.75, 3.05) is 13.7 Å². The standard InChI is InChI=1S/C11H14O2/c1-12-8-11-10(13-11)7-9-5-3-2-4-6-9/h2-6,10-11H,7-8H2,1H3. The Labute approximate surface area is 78.5 Å². The van der Waals surface area contributed by atoms with E-state index < -0.39 is 0 Å². The monoisotopic (exact) mass is 178 g/mol. The first-order valence-corrected chi connectivity index (χ1v) is 4.58. The molecule has 2 rings (SSSR count). The van der Waals surface area contributed by atoms with E-state index in [1.165, 1.54) is 5.56 Å². The first kappa shape index (κ1) is 8.73. The summed E-state index contributed by atoms with van der Waals surface area (Å²) in [5.74, 6) is 0. The summed E-state index contributed by atoms with van der Waals surface area (Å²) in [6.07, 6.45) is 1.71. The number of hydrogen-bond donors (Lipinski definition) is 0. The maximum Gasteiger partial charge on any atom is 0.108 e. The zero-order chi connectivity index (χ0) is 9.10. The van der Waals surface area contributed by atoms with Crippen LogP contribution in [0.1, 0.15) is 5.56 Å². The van der Waals surface area contributed by atoms with Crippen LogP contribution in [0.2, 0.25) is 0 Å². The Kier molecular flexibility index (Phi) is 2.62. The highest BCUT2D eigenvalue weighted by Crippen LogP contribution is 2.25. The summed E-state index contributed by atoms with van der Waals surface area (Å²) >= 11 is 0. The van der Waals surface area contributed by atoms with E-state index in [1.54, 1.807) is 7.11 Å². The number of hydrogen-bond acceptors (Lipinski definition) is 2. The average Bonchev–Trinajstić information content (AvgIpc) is 2.86. The van der Waals surface area contributed by atoms with Crippen LogP contribution in [0.3, 0.4) is 0 Å². The molecular weight excluding hydrogens is 164 g/mol. The van der Waals surface area contributed by atoms with Crippen molar-refractivity contribution in [2.24, 2.45) is 0 Å². The van der Waals surface area contributed by atoms with Crippen LogP contribution < -0.4 is 0 Å². The molecule has 0 saturated carbocycles. The van der Waals surface area contributed by atoms with Crippen LogP contribution in [0.4, 0.5) is 0 Å². The Morgan fingerprint density at radius 3 is 2.69 bits per heavy atom. The maximum atomic E-state index is 5.44. The van der Waals surface area contributed by atoms with Gasteiger partial charge in [0.05, 0.1) is 12.7 Å². The molecule has 70 valence electrons. The predicted octanol–water partition coefficient (Wildman–Crippen LogP) is 1.64. The molecule has 0 amide bonds. The number of epoxide rings is 1. The molecule has 1 aromatic rings. The van der Waals surface area contributed by atoms with E-state index in [9.17, 15) is 0 Å². The third-order valence-electron chi connectivity index (χ3n) is 2.30. The minimum absolute atomic E-state index is 0.324. The van der Waals surface area contributed by atoms with Crippen molar-refractivity contribution in [3.8, 4) is 0 Å². The van der Waals surface area contributed by atoms with Crippen molar-refractivity contribution < 1.29 is 9.47 Å². The molecule has 13 heavy (non-hydrogen) atoms. The van der Waals surface area contributed by atoms with Gasteiger partial charge in [-0.1, -0.05) is 30.3 Å². The summed E-state index contributed by atoms with van der Waals surface area (Å²) in [5, 5.41) is 0. The number of ether oxygens (including phenoxy) is 2. The lowest BCUT2D eigenvalue weighted by Gasteiger charge is -1.96. The molecule has 0 N–H and O–H groups in total. The molecule has 1 aliphatic heterocycles. The van der Waals surface area contributed by atoms with Gasteiger partial charge in [0, 0.05) is 13.5 Å². The molecule has 0 aliphatic carbocycles. The average molecular weight is 178 g/mol. The third kappa shape index (κ3) is 2.29. The highest BCUT2D eigenvalue weighted by atomic mass is 16.6. The third-order valence-corrected chi connectivity index (χ3v) is 2.30. The zero-order valence-corrected chi connectivity index (χ0v) is 7.77.